The molecule has 0 saturated carbocycles. The summed E-state index contributed by atoms with van der Waals surface area (Å²) in [6, 6.07) is 6.07. The van der Waals surface area contributed by atoms with Gasteiger partial charge in [-0.25, -0.2) is 0 Å². The number of benzene rings is 1. The third-order valence-electron chi connectivity index (χ3n) is 3.27. The predicted octanol–water partition coefficient (Wildman–Crippen LogP) is 2.38. The predicted molar refractivity (Wildman–Crippen MR) is 70.2 cm³/mol. The van der Waals surface area contributed by atoms with Crippen molar-refractivity contribution >= 4 is 11.6 Å². The molecule has 1 aliphatic rings. The molecule has 1 heterocycles. The number of carbonyl (C=O) groups is 1. The zero-order valence-electron chi connectivity index (χ0n) is 10.5. The van der Waals surface area contributed by atoms with E-state index in [0.29, 0.717) is 0 Å². The van der Waals surface area contributed by atoms with Gasteiger partial charge in [-0.15, -0.1) is 0 Å². The lowest BCUT2D eigenvalue weighted by atomic mass is 10.0. The molecule has 0 unspecified atom stereocenters. The van der Waals surface area contributed by atoms with Crippen LogP contribution >= 0.6 is 0 Å². The molecule has 0 aliphatic carbocycles. The molecule has 92 valence electrons. The number of anilines is 1. The van der Waals surface area contributed by atoms with Gasteiger partial charge in [-0.3, -0.25) is 4.79 Å². The van der Waals surface area contributed by atoms with Crippen molar-refractivity contribution in [3.8, 4) is 0 Å². The molecule has 0 radical (unpaired) electrons. The number of carbonyl (C=O) groups excluding carboxylic acids is 1. The van der Waals surface area contributed by atoms with Gasteiger partial charge in [0.15, 0.2) is 0 Å². The first-order chi connectivity index (χ1) is 8.16. The lowest BCUT2D eigenvalue weighted by Gasteiger charge is -2.23. The lowest BCUT2D eigenvalue weighted by Crippen LogP contribution is -2.43. The van der Waals surface area contributed by atoms with E-state index in [1.165, 1.54) is 12.0 Å². The Balaban J connectivity index is 2.02. The topological polar surface area (TPSA) is 41.1 Å². The van der Waals surface area contributed by atoms with Gasteiger partial charge in [0.2, 0.25) is 5.91 Å². The smallest absolute Gasteiger partial charge is 0.241 e. The molecule has 0 bridgehead atoms. The number of nitrogens with one attached hydrogen (secondary N) is 2. The van der Waals surface area contributed by atoms with Crippen molar-refractivity contribution in [2.45, 2.75) is 39.2 Å². The van der Waals surface area contributed by atoms with E-state index in [9.17, 15) is 4.79 Å². The van der Waals surface area contributed by atoms with Crippen LogP contribution < -0.4 is 10.6 Å². The Hall–Kier alpha value is -1.35. The van der Waals surface area contributed by atoms with E-state index in [1.807, 2.05) is 19.1 Å². The number of hydrogen-bond acceptors (Lipinski definition) is 2. The molecule has 1 aromatic rings. The van der Waals surface area contributed by atoms with Crippen LogP contribution in [0.3, 0.4) is 0 Å². The molecule has 2 rings (SSSR count). The Morgan fingerprint density at radius 1 is 1.35 bits per heavy atom. The van der Waals surface area contributed by atoms with Gasteiger partial charge in [0.05, 0.1) is 6.04 Å². The zero-order valence-corrected chi connectivity index (χ0v) is 10.5. The molecule has 3 nitrogen and oxygen atoms in total. The van der Waals surface area contributed by atoms with Crippen LogP contribution in [0.5, 0.6) is 0 Å². The number of rotatable bonds is 2. The van der Waals surface area contributed by atoms with Gasteiger partial charge in [-0.1, -0.05) is 24.1 Å². The van der Waals surface area contributed by atoms with Crippen molar-refractivity contribution in [1.82, 2.24) is 5.32 Å². The number of hydrogen-bond donors (Lipinski definition) is 2. The van der Waals surface area contributed by atoms with Crippen molar-refractivity contribution in [1.29, 1.82) is 0 Å². The summed E-state index contributed by atoms with van der Waals surface area (Å²) in [7, 11) is 0. The Labute approximate surface area is 103 Å². The average Bonchev–Trinajstić information content (AvgIpc) is 2.34. The fourth-order valence-corrected chi connectivity index (χ4v) is 2.25. The number of amides is 1. The van der Waals surface area contributed by atoms with Crippen LogP contribution in [0, 0.1) is 13.8 Å². The average molecular weight is 232 g/mol. The molecule has 1 aliphatic heterocycles. The van der Waals surface area contributed by atoms with Crippen molar-refractivity contribution in [2.24, 2.45) is 0 Å². The first-order valence-corrected chi connectivity index (χ1v) is 6.28. The number of aryl methyl sites for hydroxylation is 2. The molecule has 1 fully saturated rings. The molecular weight excluding hydrogens is 212 g/mol. The molecule has 1 aromatic carbocycles. The largest absolute Gasteiger partial charge is 0.324 e. The van der Waals surface area contributed by atoms with Gasteiger partial charge in [-0.2, -0.15) is 0 Å². The summed E-state index contributed by atoms with van der Waals surface area (Å²) in [6.07, 6.45) is 3.25. The Bertz CT molecular complexity index is 409. The van der Waals surface area contributed by atoms with Crippen LogP contribution in [0.15, 0.2) is 18.2 Å². The highest BCUT2D eigenvalue weighted by Gasteiger charge is 2.20. The Kier molecular flexibility index (Phi) is 3.79. The summed E-state index contributed by atoms with van der Waals surface area (Å²) >= 11 is 0. The van der Waals surface area contributed by atoms with Gasteiger partial charge < -0.3 is 10.6 Å². The maximum Gasteiger partial charge on any atom is 0.241 e. The second kappa shape index (κ2) is 5.32. The monoisotopic (exact) mass is 232 g/mol. The highest BCUT2D eigenvalue weighted by Crippen LogP contribution is 2.17. The summed E-state index contributed by atoms with van der Waals surface area (Å²) in [5.41, 5.74) is 3.26. The quantitative estimate of drug-likeness (QED) is 0.822. The van der Waals surface area contributed by atoms with E-state index < -0.39 is 0 Å². The van der Waals surface area contributed by atoms with Gasteiger partial charge in [0.25, 0.3) is 0 Å². The summed E-state index contributed by atoms with van der Waals surface area (Å²) in [5, 5.41) is 6.26. The molecule has 3 heteroatoms. The molecule has 0 aromatic heterocycles. The highest BCUT2D eigenvalue weighted by atomic mass is 16.2. The molecular formula is C14H20N2O. The minimum atomic E-state index is -0.0237. The minimum Gasteiger partial charge on any atom is -0.324 e. The van der Waals surface area contributed by atoms with Crippen LogP contribution in [0.1, 0.15) is 30.4 Å². The Morgan fingerprint density at radius 2 is 2.18 bits per heavy atom. The van der Waals surface area contributed by atoms with E-state index in [-0.39, 0.29) is 11.9 Å². The highest BCUT2D eigenvalue weighted by molar-refractivity contribution is 5.95. The van der Waals surface area contributed by atoms with Crippen molar-refractivity contribution in [3.63, 3.8) is 0 Å². The van der Waals surface area contributed by atoms with Gasteiger partial charge in [-0.05, 0) is 44.9 Å². The normalized spacial score (nSPS) is 20.0. The first-order valence-electron chi connectivity index (χ1n) is 6.28. The standard InChI is InChI=1S/C14H20N2O/c1-10-6-7-12(11(2)9-10)16-14(17)13-5-3-4-8-15-13/h6-7,9,13,15H,3-5,8H2,1-2H3,(H,16,17)/t13-/m0/s1. The summed E-state index contributed by atoms with van der Waals surface area (Å²) in [5.74, 6) is 0.0941. The van der Waals surface area contributed by atoms with Crippen LogP contribution in [0.2, 0.25) is 0 Å². The maximum atomic E-state index is 12.0. The van der Waals surface area contributed by atoms with Gasteiger partial charge >= 0.3 is 0 Å². The SMILES string of the molecule is Cc1ccc(NC(=O)[C@@H]2CCCCN2)c(C)c1. The van der Waals surface area contributed by atoms with Crippen LogP contribution in [-0.2, 0) is 4.79 Å². The minimum absolute atomic E-state index is 0.0237. The van der Waals surface area contributed by atoms with Crippen LogP contribution in [0.4, 0.5) is 5.69 Å². The zero-order chi connectivity index (χ0) is 12.3. The van der Waals surface area contributed by atoms with Crippen LogP contribution in [0.25, 0.3) is 0 Å². The molecule has 17 heavy (non-hydrogen) atoms. The van der Waals surface area contributed by atoms with Crippen LogP contribution in [-0.4, -0.2) is 18.5 Å². The van der Waals surface area contributed by atoms with Gasteiger partial charge in [0.1, 0.15) is 0 Å². The van der Waals surface area contributed by atoms with E-state index in [0.717, 1.165) is 30.6 Å². The van der Waals surface area contributed by atoms with Crippen molar-refractivity contribution in [3.05, 3.63) is 29.3 Å². The molecule has 1 saturated heterocycles. The van der Waals surface area contributed by atoms with E-state index in [4.69, 9.17) is 0 Å². The lowest BCUT2D eigenvalue weighted by molar-refractivity contribution is -0.118. The first kappa shape index (κ1) is 12.1. The summed E-state index contributed by atoms with van der Waals surface area (Å²) in [4.78, 5) is 12.0. The van der Waals surface area contributed by atoms with E-state index >= 15 is 0 Å². The van der Waals surface area contributed by atoms with E-state index in [1.54, 1.807) is 0 Å². The van der Waals surface area contributed by atoms with Crippen molar-refractivity contribution in [2.75, 3.05) is 11.9 Å². The third-order valence-corrected chi connectivity index (χ3v) is 3.27. The fourth-order valence-electron chi connectivity index (χ4n) is 2.25. The summed E-state index contributed by atoms with van der Waals surface area (Å²) in [6.45, 7) is 5.03. The molecule has 2 N–H and O–H groups in total. The summed E-state index contributed by atoms with van der Waals surface area (Å²) < 4.78 is 0. The second-order valence-corrected chi connectivity index (χ2v) is 4.81. The fraction of sp³-hybridized carbons (Fsp3) is 0.500. The molecule has 1 atom stereocenters. The van der Waals surface area contributed by atoms with Crippen molar-refractivity contribution < 1.29 is 4.79 Å². The maximum absolute atomic E-state index is 12.0. The van der Waals surface area contributed by atoms with Gasteiger partial charge in [0, 0.05) is 5.69 Å². The Morgan fingerprint density at radius 3 is 2.82 bits per heavy atom. The molecule has 0 spiro atoms. The second-order valence-electron chi connectivity index (χ2n) is 4.81. The molecule has 1 amide bonds. The van der Waals surface area contributed by atoms with E-state index in [2.05, 4.69) is 23.6 Å². The number of piperidine rings is 1. The third kappa shape index (κ3) is 3.07.